The number of hydrogen-bond donors (Lipinski definition) is 0. The van der Waals surface area contributed by atoms with Crippen LogP contribution < -0.4 is 4.74 Å². The molecule has 0 radical (unpaired) electrons. The predicted molar refractivity (Wildman–Crippen MR) is 162 cm³/mol. The van der Waals surface area contributed by atoms with Crippen LogP contribution in [0.15, 0.2) is 103 Å². The maximum atomic E-state index is 15.2. The Morgan fingerprint density at radius 3 is 1.59 bits per heavy atom. The fourth-order valence-corrected chi connectivity index (χ4v) is 5.14. The van der Waals surface area contributed by atoms with Crippen LogP contribution in [-0.4, -0.2) is 0 Å². The predicted octanol–water partition coefficient (Wildman–Crippen LogP) is 12.0. The van der Waals surface area contributed by atoms with Crippen LogP contribution in [0.4, 0.5) is 35.1 Å². The Kier molecular flexibility index (Phi) is 9.51. The summed E-state index contributed by atoms with van der Waals surface area (Å²) in [5, 5.41) is 0. The lowest BCUT2D eigenvalue weighted by molar-refractivity contribution is -0.189. The van der Waals surface area contributed by atoms with E-state index < -0.39 is 46.6 Å². The topological polar surface area (TPSA) is 9.23 Å². The highest BCUT2D eigenvalue weighted by Gasteiger charge is 2.41. The van der Waals surface area contributed by atoms with Gasteiger partial charge in [-0.25, -0.2) is 13.2 Å². The SMILES string of the molecule is CCCCCc1ccc(-c2ccc(-c3cc(F)c(C(F)(F)Oc4ccc(-c5ccc(C(F)(F)F)cc5)cc4)c(F)c3)c(F)c2)cc1. The number of rotatable bonds is 10. The van der Waals surface area contributed by atoms with Gasteiger partial charge in [0.1, 0.15) is 28.8 Å². The largest absolute Gasteiger partial charge is 0.432 e. The van der Waals surface area contributed by atoms with E-state index >= 15 is 22.0 Å². The highest BCUT2D eigenvalue weighted by molar-refractivity contribution is 5.71. The van der Waals surface area contributed by atoms with E-state index in [0.29, 0.717) is 28.8 Å². The molecule has 238 valence electrons. The molecule has 0 unspecified atom stereocenters. The number of alkyl halides is 5. The van der Waals surface area contributed by atoms with Crippen molar-refractivity contribution in [2.75, 3.05) is 0 Å². The summed E-state index contributed by atoms with van der Waals surface area (Å²) in [7, 11) is 0. The zero-order chi connectivity index (χ0) is 33.1. The molecular formula is C37H28F8O. The molecular weight excluding hydrogens is 612 g/mol. The number of hydrogen-bond acceptors (Lipinski definition) is 1. The van der Waals surface area contributed by atoms with Crippen molar-refractivity contribution in [1.82, 2.24) is 0 Å². The van der Waals surface area contributed by atoms with Crippen LogP contribution in [0.2, 0.25) is 0 Å². The Balaban J connectivity index is 1.32. The molecule has 0 aromatic heterocycles. The summed E-state index contributed by atoms with van der Waals surface area (Å²) in [6, 6.07) is 22.1. The van der Waals surface area contributed by atoms with Gasteiger partial charge in [-0.2, -0.15) is 22.0 Å². The van der Waals surface area contributed by atoms with Gasteiger partial charge in [-0.1, -0.05) is 80.4 Å². The minimum absolute atomic E-state index is 0.174. The molecule has 0 aliphatic heterocycles. The van der Waals surface area contributed by atoms with Crippen LogP contribution in [0.1, 0.15) is 42.9 Å². The van der Waals surface area contributed by atoms with Crippen molar-refractivity contribution in [3.8, 4) is 39.1 Å². The first-order valence-electron chi connectivity index (χ1n) is 14.6. The lowest BCUT2D eigenvalue weighted by Gasteiger charge is -2.20. The molecule has 5 rings (SSSR count). The minimum atomic E-state index is -4.51. The first-order chi connectivity index (χ1) is 21.9. The van der Waals surface area contributed by atoms with Gasteiger partial charge >= 0.3 is 12.3 Å². The highest BCUT2D eigenvalue weighted by Crippen LogP contribution is 2.39. The van der Waals surface area contributed by atoms with E-state index in [9.17, 15) is 13.2 Å². The van der Waals surface area contributed by atoms with Gasteiger partial charge in [0.15, 0.2) is 0 Å². The lowest BCUT2D eigenvalue weighted by atomic mass is 9.97. The van der Waals surface area contributed by atoms with Gasteiger partial charge < -0.3 is 4.74 Å². The monoisotopic (exact) mass is 640 g/mol. The van der Waals surface area contributed by atoms with E-state index in [0.717, 1.165) is 61.1 Å². The van der Waals surface area contributed by atoms with Gasteiger partial charge in [0.2, 0.25) is 0 Å². The standard InChI is InChI=1S/C37H28F8O/c1-2-3-4-5-23-6-8-26(9-7-23)27-14-19-31(32(38)20-27)28-21-33(39)35(34(40)22-28)37(44,45)46-30-17-12-25(13-18-30)24-10-15-29(16-11-24)36(41,42)43/h6-22H,2-5H2,1H3. The van der Waals surface area contributed by atoms with E-state index in [-0.39, 0.29) is 11.1 Å². The average Bonchev–Trinajstić information content (AvgIpc) is 3.01. The molecule has 0 fully saturated rings. The third-order valence-corrected chi connectivity index (χ3v) is 7.62. The van der Waals surface area contributed by atoms with Gasteiger partial charge in [-0.3, -0.25) is 0 Å². The maximum absolute atomic E-state index is 15.2. The van der Waals surface area contributed by atoms with Gasteiger partial charge in [-0.15, -0.1) is 0 Å². The van der Waals surface area contributed by atoms with Crippen LogP contribution in [-0.2, 0) is 18.7 Å². The molecule has 9 heteroatoms. The Bertz CT molecular complexity index is 1770. The zero-order valence-electron chi connectivity index (χ0n) is 24.6. The molecule has 0 aliphatic rings. The number of halogens is 8. The summed E-state index contributed by atoms with van der Waals surface area (Å²) in [5.41, 5.74) is 0.302. The van der Waals surface area contributed by atoms with Gasteiger partial charge in [0.05, 0.1) is 5.56 Å². The number of unbranched alkanes of at least 4 members (excludes halogenated alkanes) is 2. The molecule has 0 bridgehead atoms. The van der Waals surface area contributed by atoms with Crippen LogP contribution >= 0.6 is 0 Å². The summed E-state index contributed by atoms with van der Waals surface area (Å²) >= 11 is 0. The Morgan fingerprint density at radius 1 is 0.543 bits per heavy atom. The molecule has 0 amide bonds. The van der Waals surface area contributed by atoms with Crippen molar-refractivity contribution in [3.05, 3.63) is 137 Å². The van der Waals surface area contributed by atoms with Crippen LogP contribution in [0.25, 0.3) is 33.4 Å². The van der Waals surface area contributed by atoms with E-state index in [4.69, 9.17) is 0 Å². The Morgan fingerprint density at radius 2 is 1.04 bits per heavy atom. The quantitative estimate of drug-likeness (QED) is 0.109. The molecule has 5 aromatic carbocycles. The number of aryl methyl sites for hydroxylation is 1. The molecule has 0 spiro atoms. The minimum Gasteiger partial charge on any atom is -0.429 e. The van der Waals surface area contributed by atoms with Gasteiger partial charge in [0.25, 0.3) is 0 Å². The summed E-state index contributed by atoms with van der Waals surface area (Å²) in [4.78, 5) is 0. The summed E-state index contributed by atoms with van der Waals surface area (Å²) in [5.74, 6) is -4.50. The van der Waals surface area contributed by atoms with Gasteiger partial charge in [-0.05, 0) is 88.7 Å². The maximum Gasteiger partial charge on any atom is 0.432 e. The highest BCUT2D eigenvalue weighted by atomic mass is 19.4. The molecule has 5 aromatic rings. The Labute approximate surface area is 261 Å². The van der Waals surface area contributed by atoms with Crippen molar-refractivity contribution in [2.24, 2.45) is 0 Å². The molecule has 0 atom stereocenters. The second-order valence-corrected chi connectivity index (χ2v) is 10.9. The fraction of sp³-hybridized carbons (Fsp3) is 0.189. The second-order valence-electron chi connectivity index (χ2n) is 10.9. The lowest BCUT2D eigenvalue weighted by Crippen LogP contribution is -2.25. The molecule has 0 N–H and O–H groups in total. The second kappa shape index (κ2) is 13.4. The molecule has 46 heavy (non-hydrogen) atoms. The normalized spacial score (nSPS) is 11.9. The van der Waals surface area contributed by atoms with Crippen molar-refractivity contribution >= 4 is 0 Å². The van der Waals surface area contributed by atoms with Crippen LogP contribution in [0, 0.1) is 17.5 Å². The van der Waals surface area contributed by atoms with E-state index in [1.165, 1.54) is 36.4 Å². The third kappa shape index (κ3) is 7.41. The molecule has 0 heterocycles. The first kappa shape index (κ1) is 32.7. The first-order valence-corrected chi connectivity index (χ1v) is 14.6. The molecule has 1 nitrogen and oxygen atoms in total. The Hall–Kier alpha value is -4.66. The zero-order valence-corrected chi connectivity index (χ0v) is 24.6. The van der Waals surface area contributed by atoms with Crippen molar-refractivity contribution in [3.63, 3.8) is 0 Å². The van der Waals surface area contributed by atoms with E-state index in [1.807, 2.05) is 24.3 Å². The molecule has 0 saturated heterocycles. The summed E-state index contributed by atoms with van der Waals surface area (Å²) < 4.78 is 118. The van der Waals surface area contributed by atoms with Gasteiger partial charge in [0, 0.05) is 5.56 Å². The number of ether oxygens (including phenoxy) is 1. The van der Waals surface area contributed by atoms with Crippen LogP contribution in [0.5, 0.6) is 5.75 Å². The summed E-state index contributed by atoms with van der Waals surface area (Å²) in [6.07, 6.45) is -4.70. The van der Waals surface area contributed by atoms with Crippen molar-refractivity contribution in [2.45, 2.75) is 44.9 Å². The van der Waals surface area contributed by atoms with E-state index in [1.54, 1.807) is 6.07 Å². The average molecular weight is 641 g/mol. The van der Waals surface area contributed by atoms with Crippen molar-refractivity contribution < 1.29 is 39.9 Å². The van der Waals surface area contributed by atoms with Crippen molar-refractivity contribution in [1.29, 1.82) is 0 Å². The fourth-order valence-electron chi connectivity index (χ4n) is 5.14. The third-order valence-electron chi connectivity index (χ3n) is 7.62. The number of benzene rings is 5. The molecule has 0 aliphatic carbocycles. The molecule has 0 saturated carbocycles. The van der Waals surface area contributed by atoms with Crippen LogP contribution in [0.3, 0.4) is 0 Å². The van der Waals surface area contributed by atoms with E-state index in [2.05, 4.69) is 11.7 Å². The smallest absolute Gasteiger partial charge is 0.429 e. The summed E-state index contributed by atoms with van der Waals surface area (Å²) in [6.45, 7) is 2.13.